The van der Waals surface area contributed by atoms with Gasteiger partial charge in [-0.2, -0.15) is 0 Å². The van der Waals surface area contributed by atoms with E-state index in [-0.39, 0.29) is 11.4 Å². The summed E-state index contributed by atoms with van der Waals surface area (Å²) in [5.74, 6) is 0.624. The van der Waals surface area contributed by atoms with E-state index >= 15 is 0 Å². The predicted molar refractivity (Wildman–Crippen MR) is 105 cm³/mol. The van der Waals surface area contributed by atoms with Crippen LogP contribution in [0.2, 0.25) is 5.02 Å². The first-order valence-corrected chi connectivity index (χ1v) is 8.51. The second-order valence-corrected chi connectivity index (χ2v) is 6.93. The average molecular weight is 386 g/mol. The summed E-state index contributed by atoms with van der Waals surface area (Å²) < 4.78 is 10.7. The van der Waals surface area contributed by atoms with Gasteiger partial charge in [0.1, 0.15) is 0 Å². The summed E-state index contributed by atoms with van der Waals surface area (Å²) in [7, 11) is 1.53. The van der Waals surface area contributed by atoms with Gasteiger partial charge in [-0.1, -0.05) is 11.6 Å². The van der Waals surface area contributed by atoms with Gasteiger partial charge in [0.05, 0.1) is 18.7 Å². The smallest absolute Gasteiger partial charge is 0.262 e. The van der Waals surface area contributed by atoms with Crippen LogP contribution in [0.3, 0.4) is 0 Å². The van der Waals surface area contributed by atoms with Crippen molar-refractivity contribution in [3.63, 3.8) is 0 Å². The number of carbonyl (C=O) groups excluding carboxylic acids is 1. The third-order valence-electron chi connectivity index (χ3n) is 2.76. The van der Waals surface area contributed by atoms with Gasteiger partial charge in [0, 0.05) is 11.6 Å². The predicted octanol–water partition coefficient (Wildman–Crippen LogP) is 3.05. The normalized spacial score (nSPS) is 11.1. The van der Waals surface area contributed by atoms with Crippen LogP contribution in [0.25, 0.3) is 6.08 Å². The van der Waals surface area contributed by atoms with Crippen molar-refractivity contribution < 1.29 is 14.3 Å². The summed E-state index contributed by atoms with van der Waals surface area (Å²) in [5, 5.41) is 3.77. The van der Waals surface area contributed by atoms with Crippen molar-refractivity contribution in [1.82, 2.24) is 16.2 Å². The highest BCUT2D eigenvalue weighted by Gasteiger charge is 2.12. The highest BCUT2D eigenvalue weighted by atomic mass is 35.5. The lowest BCUT2D eigenvalue weighted by Crippen LogP contribution is -2.51. The molecule has 0 bridgehead atoms. The van der Waals surface area contributed by atoms with E-state index in [4.69, 9.17) is 33.3 Å². The van der Waals surface area contributed by atoms with Crippen molar-refractivity contribution >= 4 is 40.9 Å². The summed E-state index contributed by atoms with van der Waals surface area (Å²) in [6.45, 7) is 8.23. The number of hydrogen-bond acceptors (Lipinski definition) is 4. The van der Waals surface area contributed by atoms with Crippen LogP contribution in [0.15, 0.2) is 18.2 Å². The third kappa shape index (κ3) is 7.62. The molecule has 25 heavy (non-hydrogen) atoms. The highest BCUT2D eigenvalue weighted by Crippen LogP contribution is 2.36. The molecular formula is C17H24ClN3O3S. The van der Waals surface area contributed by atoms with Crippen LogP contribution in [0.1, 0.15) is 33.3 Å². The van der Waals surface area contributed by atoms with E-state index in [1.54, 1.807) is 18.2 Å². The Morgan fingerprint density at radius 1 is 1.32 bits per heavy atom. The fourth-order valence-electron chi connectivity index (χ4n) is 1.82. The van der Waals surface area contributed by atoms with Gasteiger partial charge in [0.15, 0.2) is 16.6 Å². The van der Waals surface area contributed by atoms with Gasteiger partial charge in [-0.3, -0.25) is 15.6 Å². The maximum absolute atomic E-state index is 11.9. The molecule has 3 N–H and O–H groups in total. The Morgan fingerprint density at radius 3 is 2.56 bits per heavy atom. The number of methoxy groups -OCH3 is 1. The molecule has 0 spiro atoms. The topological polar surface area (TPSA) is 71.6 Å². The quantitative estimate of drug-likeness (QED) is 0.411. The molecule has 8 heteroatoms. The van der Waals surface area contributed by atoms with Crippen LogP contribution < -0.4 is 25.6 Å². The molecule has 0 atom stereocenters. The molecular weight excluding hydrogens is 362 g/mol. The molecule has 0 heterocycles. The molecule has 0 fully saturated rings. The zero-order chi connectivity index (χ0) is 19.0. The van der Waals surface area contributed by atoms with Crippen molar-refractivity contribution in [3.05, 3.63) is 28.8 Å². The second-order valence-electron chi connectivity index (χ2n) is 6.12. The molecule has 0 radical (unpaired) electrons. The lowest BCUT2D eigenvalue weighted by molar-refractivity contribution is -0.117. The number of halogens is 1. The van der Waals surface area contributed by atoms with E-state index in [0.29, 0.717) is 33.8 Å². The fourth-order valence-corrected chi connectivity index (χ4v) is 2.46. The van der Waals surface area contributed by atoms with Gasteiger partial charge in [-0.25, -0.2) is 0 Å². The largest absolute Gasteiger partial charge is 0.493 e. The molecule has 0 saturated heterocycles. The first-order chi connectivity index (χ1) is 11.7. The Hall–Kier alpha value is -1.99. The molecule has 0 saturated carbocycles. The fraction of sp³-hybridized carbons (Fsp3) is 0.412. The number of benzene rings is 1. The third-order valence-corrected chi connectivity index (χ3v) is 3.24. The Kier molecular flexibility index (Phi) is 7.99. The zero-order valence-corrected chi connectivity index (χ0v) is 16.6. The average Bonchev–Trinajstić information content (AvgIpc) is 2.51. The number of ether oxygens (including phenoxy) is 2. The summed E-state index contributed by atoms with van der Waals surface area (Å²) in [6, 6.07) is 3.43. The molecule has 1 aromatic rings. The van der Waals surface area contributed by atoms with Crippen molar-refractivity contribution in [1.29, 1.82) is 0 Å². The summed E-state index contributed by atoms with van der Waals surface area (Å²) in [5.41, 5.74) is 5.63. The Labute approximate surface area is 158 Å². The number of nitrogens with one attached hydrogen (secondary N) is 3. The SMILES string of the molecule is CCOc1c(Cl)cc(/C=C/C(=O)NNC(=S)NC(C)(C)C)cc1OC. The molecule has 1 rings (SSSR count). The Bertz CT molecular complexity index is 657. The van der Waals surface area contributed by atoms with Crippen LogP contribution in [0.5, 0.6) is 11.5 Å². The van der Waals surface area contributed by atoms with Gasteiger partial charge in [-0.05, 0) is 63.7 Å². The first-order valence-electron chi connectivity index (χ1n) is 7.72. The van der Waals surface area contributed by atoms with E-state index in [1.165, 1.54) is 13.2 Å². The molecule has 1 aromatic carbocycles. The van der Waals surface area contributed by atoms with Crippen LogP contribution in [-0.4, -0.2) is 30.3 Å². The minimum absolute atomic E-state index is 0.194. The maximum atomic E-state index is 11.9. The standard InChI is InChI=1S/C17H24ClN3O3S/c1-6-24-15-12(18)9-11(10-13(15)23-5)7-8-14(22)20-21-16(25)19-17(2,3)4/h7-10H,6H2,1-5H3,(H,20,22)(H2,19,21,25)/b8-7+. The first kappa shape index (κ1) is 21.1. The second kappa shape index (κ2) is 9.48. The van der Waals surface area contributed by atoms with Crippen LogP contribution in [0.4, 0.5) is 0 Å². The number of rotatable bonds is 5. The van der Waals surface area contributed by atoms with Gasteiger partial charge < -0.3 is 14.8 Å². The highest BCUT2D eigenvalue weighted by molar-refractivity contribution is 7.80. The van der Waals surface area contributed by atoms with Crippen LogP contribution in [0, 0.1) is 0 Å². The minimum atomic E-state index is -0.359. The van der Waals surface area contributed by atoms with Gasteiger partial charge in [-0.15, -0.1) is 0 Å². The van der Waals surface area contributed by atoms with E-state index in [9.17, 15) is 4.79 Å². The summed E-state index contributed by atoms with van der Waals surface area (Å²) >= 11 is 11.3. The van der Waals surface area contributed by atoms with E-state index in [0.717, 1.165) is 0 Å². The maximum Gasteiger partial charge on any atom is 0.262 e. The number of carbonyl (C=O) groups is 1. The molecule has 0 unspecified atom stereocenters. The van der Waals surface area contributed by atoms with E-state index in [1.807, 2.05) is 27.7 Å². The molecule has 138 valence electrons. The number of thiocarbonyl (C=S) groups is 1. The molecule has 6 nitrogen and oxygen atoms in total. The molecule has 0 aliphatic carbocycles. The molecule has 1 amide bonds. The lowest BCUT2D eigenvalue weighted by atomic mass is 10.1. The molecule has 0 aromatic heterocycles. The number of hydrogen-bond donors (Lipinski definition) is 3. The van der Waals surface area contributed by atoms with Crippen LogP contribution >= 0.6 is 23.8 Å². The van der Waals surface area contributed by atoms with E-state index < -0.39 is 0 Å². The van der Waals surface area contributed by atoms with Gasteiger partial charge in [0.2, 0.25) is 0 Å². The monoisotopic (exact) mass is 385 g/mol. The number of hydrazine groups is 1. The van der Waals surface area contributed by atoms with Crippen molar-refractivity contribution in [3.8, 4) is 11.5 Å². The number of amides is 1. The van der Waals surface area contributed by atoms with Gasteiger partial charge >= 0.3 is 0 Å². The lowest BCUT2D eigenvalue weighted by Gasteiger charge is -2.22. The van der Waals surface area contributed by atoms with Crippen molar-refractivity contribution in [2.24, 2.45) is 0 Å². The molecule has 0 aliphatic rings. The zero-order valence-electron chi connectivity index (χ0n) is 15.0. The minimum Gasteiger partial charge on any atom is -0.493 e. The molecule has 0 aliphatic heterocycles. The Balaban J connectivity index is 2.70. The van der Waals surface area contributed by atoms with Crippen molar-refractivity contribution in [2.45, 2.75) is 33.2 Å². The summed E-state index contributed by atoms with van der Waals surface area (Å²) in [6.07, 6.45) is 2.97. The Morgan fingerprint density at radius 2 is 2.00 bits per heavy atom. The van der Waals surface area contributed by atoms with Crippen LogP contribution in [-0.2, 0) is 4.79 Å². The van der Waals surface area contributed by atoms with Crippen molar-refractivity contribution in [2.75, 3.05) is 13.7 Å². The van der Waals surface area contributed by atoms with Gasteiger partial charge in [0.25, 0.3) is 5.91 Å². The summed E-state index contributed by atoms with van der Waals surface area (Å²) in [4.78, 5) is 11.9. The van der Waals surface area contributed by atoms with E-state index in [2.05, 4.69) is 16.2 Å².